The maximum atomic E-state index is 11.9. The van der Waals surface area contributed by atoms with Gasteiger partial charge in [-0.1, -0.05) is 6.07 Å². The zero-order chi connectivity index (χ0) is 15.9. The van der Waals surface area contributed by atoms with E-state index in [1.807, 2.05) is 12.3 Å². The Hall–Kier alpha value is -2.67. The molecule has 6 nitrogen and oxygen atoms in total. The van der Waals surface area contributed by atoms with Gasteiger partial charge in [0.1, 0.15) is 0 Å². The highest BCUT2D eigenvalue weighted by Gasteiger charge is 2.02. The van der Waals surface area contributed by atoms with E-state index < -0.39 is 0 Å². The Morgan fingerprint density at radius 1 is 1.23 bits per heavy atom. The fourth-order valence-corrected chi connectivity index (χ4v) is 2.25. The summed E-state index contributed by atoms with van der Waals surface area (Å²) in [6.45, 7) is 1.91. The van der Waals surface area contributed by atoms with E-state index in [0.717, 1.165) is 10.7 Å². The molecule has 1 aromatic carbocycles. The van der Waals surface area contributed by atoms with Crippen molar-refractivity contribution in [3.05, 3.63) is 46.4 Å². The van der Waals surface area contributed by atoms with E-state index in [1.54, 1.807) is 30.3 Å². The molecule has 0 saturated carbocycles. The van der Waals surface area contributed by atoms with E-state index in [9.17, 15) is 9.59 Å². The zero-order valence-electron chi connectivity index (χ0n) is 12.2. The Morgan fingerprint density at radius 3 is 2.59 bits per heavy atom. The molecular formula is C15H16N4O2S. The molecule has 0 aliphatic carbocycles. The molecule has 0 spiro atoms. The van der Waals surface area contributed by atoms with Crippen molar-refractivity contribution < 1.29 is 9.59 Å². The van der Waals surface area contributed by atoms with Gasteiger partial charge in [0.25, 0.3) is 0 Å². The second kappa shape index (κ2) is 7.37. The summed E-state index contributed by atoms with van der Waals surface area (Å²) in [5.74, 6) is -0.261. The molecule has 0 radical (unpaired) electrons. The Morgan fingerprint density at radius 2 is 1.95 bits per heavy atom. The first kappa shape index (κ1) is 15.7. The molecule has 22 heavy (non-hydrogen) atoms. The summed E-state index contributed by atoms with van der Waals surface area (Å²) in [5.41, 5.74) is 1.95. The van der Waals surface area contributed by atoms with Crippen LogP contribution in [0.3, 0.4) is 0 Å². The molecule has 1 heterocycles. The predicted octanol–water partition coefficient (Wildman–Crippen LogP) is 2.85. The molecule has 7 heteroatoms. The van der Waals surface area contributed by atoms with Crippen LogP contribution in [-0.2, 0) is 4.79 Å². The van der Waals surface area contributed by atoms with E-state index in [-0.39, 0.29) is 11.9 Å². The number of benzene rings is 1. The maximum absolute atomic E-state index is 11.9. The fraction of sp³-hybridized carbons (Fsp3) is 0.133. The van der Waals surface area contributed by atoms with Gasteiger partial charge in [0, 0.05) is 29.9 Å². The van der Waals surface area contributed by atoms with Gasteiger partial charge in [0.05, 0.1) is 10.7 Å². The summed E-state index contributed by atoms with van der Waals surface area (Å²) in [6.07, 6.45) is 3.08. The highest BCUT2D eigenvalue weighted by atomic mass is 32.1. The number of aryl methyl sites for hydroxylation is 1. The van der Waals surface area contributed by atoms with Crippen LogP contribution in [0.1, 0.15) is 10.7 Å². The van der Waals surface area contributed by atoms with Gasteiger partial charge in [-0.05, 0) is 31.2 Å². The molecule has 0 aliphatic rings. The smallest absolute Gasteiger partial charge is 0.318 e. The number of carbonyl (C=O) groups excluding carboxylic acids is 2. The van der Waals surface area contributed by atoms with E-state index in [2.05, 4.69) is 20.9 Å². The van der Waals surface area contributed by atoms with Crippen LogP contribution in [0.2, 0.25) is 0 Å². The van der Waals surface area contributed by atoms with Crippen molar-refractivity contribution in [2.45, 2.75) is 6.92 Å². The number of urea groups is 1. The van der Waals surface area contributed by atoms with Crippen LogP contribution in [0.4, 0.5) is 16.2 Å². The number of anilines is 2. The second-order valence-corrected chi connectivity index (χ2v) is 5.46. The van der Waals surface area contributed by atoms with E-state index >= 15 is 0 Å². The van der Waals surface area contributed by atoms with Crippen LogP contribution in [-0.4, -0.2) is 24.0 Å². The van der Waals surface area contributed by atoms with Gasteiger partial charge in [-0.2, -0.15) is 0 Å². The lowest BCUT2D eigenvalue weighted by Gasteiger charge is -2.07. The maximum Gasteiger partial charge on any atom is 0.318 e. The molecule has 0 aliphatic heterocycles. The Bertz CT molecular complexity index is 709. The van der Waals surface area contributed by atoms with Crippen molar-refractivity contribution in [1.82, 2.24) is 10.3 Å². The number of carbonyl (C=O) groups is 2. The first-order valence-corrected chi connectivity index (χ1v) is 7.45. The van der Waals surface area contributed by atoms with Gasteiger partial charge in [-0.15, -0.1) is 11.3 Å². The minimum Gasteiger partial charge on any atom is -0.341 e. The third kappa shape index (κ3) is 4.71. The molecule has 0 atom stereocenters. The van der Waals surface area contributed by atoms with Gasteiger partial charge in [-0.3, -0.25) is 4.79 Å². The molecule has 3 amide bonds. The number of nitrogens with one attached hydrogen (secondary N) is 3. The van der Waals surface area contributed by atoms with Crippen LogP contribution in [0.25, 0.3) is 6.08 Å². The van der Waals surface area contributed by atoms with Crippen LogP contribution in [0.5, 0.6) is 0 Å². The van der Waals surface area contributed by atoms with Crippen molar-refractivity contribution in [2.75, 3.05) is 17.7 Å². The molecule has 0 fully saturated rings. The van der Waals surface area contributed by atoms with Crippen LogP contribution in [0.15, 0.2) is 35.7 Å². The fourth-order valence-electron chi connectivity index (χ4n) is 1.67. The number of hydrogen-bond acceptors (Lipinski definition) is 4. The second-order valence-electron chi connectivity index (χ2n) is 4.40. The Labute approximate surface area is 132 Å². The quantitative estimate of drug-likeness (QED) is 0.758. The topological polar surface area (TPSA) is 83.1 Å². The van der Waals surface area contributed by atoms with Crippen LogP contribution in [0, 0.1) is 6.92 Å². The van der Waals surface area contributed by atoms with Crippen molar-refractivity contribution in [3.8, 4) is 0 Å². The summed E-state index contributed by atoms with van der Waals surface area (Å²) in [5, 5.41) is 10.7. The first-order chi connectivity index (χ1) is 10.6. The van der Waals surface area contributed by atoms with Gasteiger partial charge >= 0.3 is 6.03 Å². The van der Waals surface area contributed by atoms with Crippen molar-refractivity contribution in [1.29, 1.82) is 0 Å². The molecule has 114 valence electrons. The lowest BCUT2D eigenvalue weighted by molar-refractivity contribution is -0.111. The predicted molar refractivity (Wildman–Crippen MR) is 89.0 cm³/mol. The molecule has 2 rings (SSSR count). The highest BCUT2D eigenvalue weighted by Crippen LogP contribution is 2.15. The van der Waals surface area contributed by atoms with Crippen molar-refractivity contribution in [3.63, 3.8) is 0 Å². The number of thiazole rings is 1. The van der Waals surface area contributed by atoms with Crippen molar-refractivity contribution >= 4 is 40.7 Å². The first-order valence-electron chi connectivity index (χ1n) is 6.57. The number of nitrogens with zero attached hydrogens (tertiary/aromatic N) is 1. The standard InChI is InChI=1S/C15H16N4O2S/c1-10-17-13(9-22-10)6-7-14(20)18-11-4-3-5-12(8-11)19-15(21)16-2/h3-9H,1-2H3,(H,18,20)(H2,16,19,21)/b7-6+. The Balaban J connectivity index is 1.97. The summed E-state index contributed by atoms with van der Waals surface area (Å²) in [7, 11) is 1.53. The lowest BCUT2D eigenvalue weighted by atomic mass is 10.2. The molecule has 1 aromatic heterocycles. The number of hydrogen-bond donors (Lipinski definition) is 3. The minimum atomic E-state index is -0.317. The SMILES string of the molecule is CNC(=O)Nc1cccc(NC(=O)/C=C/c2csc(C)n2)c1. The monoisotopic (exact) mass is 316 g/mol. The van der Waals surface area contributed by atoms with Crippen molar-refractivity contribution in [2.24, 2.45) is 0 Å². The molecule has 0 bridgehead atoms. The normalized spacial score (nSPS) is 10.5. The average molecular weight is 316 g/mol. The molecule has 3 N–H and O–H groups in total. The third-order valence-corrected chi connectivity index (χ3v) is 3.45. The number of amides is 3. The average Bonchev–Trinajstić information content (AvgIpc) is 2.91. The summed E-state index contributed by atoms with van der Waals surface area (Å²) >= 11 is 1.53. The zero-order valence-corrected chi connectivity index (χ0v) is 13.0. The van der Waals surface area contributed by atoms with Crippen LogP contribution < -0.4 is 16.0 Å². The molecule has 0 unspecified atom stereocenters. The van der Waals surface area contributed by atoms with E-state index in [1.165, 1.54) is 24.5 Å². The minimum absolute atomic E-state index is 0.261. The molecular weight excluding hydrogens is 300 g/mol. The van der Waals surface area contributed by atoms with E-state index in [0.29, 0.717) is 11.4 Å². The Kier molecular flexibility index (Phi) is 5.26. The van der Waals surface area contributed by atoms with Gasteiger partial charge in [-0.25, -0.2) is 9.78 Å². The number of aromatic nitrogens is 1. The summed E-state index contributed by atoms with van der Waals surface area (Å²) in [4.78, 5) is 27.4. The van der Waals surface area contributed by atoms with E-state index in [4.69, 9.17) is 0 Å². The van der Waals surface area contributed by atoms with Crippen LogP contribution >= 0.6 is 11.3 Å². The third-order valence-electron chi connectivity index (χ3n) is 2.66. The summed E-state index contributed by atoms with van der Waals surface area (Å²) < 4.78 is 0. The highest BCUT2D eigenvalue weighted by molar-refractivity contribution is 7.09. The van der Waals surface area contributed by atoms with Gasteiger partial charge in [0.2, 0.25) is 5.91 Å². The summed E-state index contributed by atoms with van der Waals surface area (Å²) in [6, 6.07) is 6.58. The van der Waals surface area contributed by atoms with Gasteiger partial charge < -0.3 is 16.0 Å². The number of rotatable bonds is 4. The molecule has 2 aromatic rings. The lowest BCUT2D eigenvalue weighted by Crippen LogP contribution is -2.24. The largest absolute Gasteiger partial charge is 0.341 e. The molecule has 0 saturated heterocycles. The van der Waals surface area contributed by atoms with Gasteiger partial charge in [0.15, 0.2) is 0 Å².